The molecule has 0 unspecified atom stereocenters. The molecule has 2 aromatic carbocycles. The van der Waals surface area contributed by atoms with Crippen LogP contribution in [-0.4, -0.2) is 27.9 Å². The molecular weight excluding hydrogens is 324 g/mol. The van der Waals surface area contributed by atoms with Crippen molar-refractivity contribution in [3.05, 3.63) is 58.4 Å². The minimum absolute atomic E-state index is 0.111. The zero-order valence-corrected chi connectivity index (χ0v) is 16.2. The highest BCUT2D eigenvalue weighted by Gasteiger charge is 2.12. The summed E-state index contributed by atoms with van der Waals surface area (Å²) in [5.41, 5.74) is 7.00. The number of hydrogen-bond acceptors (Lipinski definition) is 3. The Kier molecular flexibility index (Phi) is 5.62. The maximum Gasteiger partial charge on any atom is 0.125 e. The van der Waals surface area contributed by atoms with Gasteiger partial charge in [-0.15, -0.1) is 0 Å². The number of fused-ring (bicyclic) bond motifs is 1. The monoisotopic (exact) mass is 352 g/mol. The molecule has 26 heavy (non-hydrogen) atoms. The van der Waals surface area contributed by atoms with Crippen LogP contribution in [0.25, 0.3) is 11.0 Å². The number of imidazole rings is 1. The van der Waals surface area contributed by atoms with Gasteiger partial charge in [0.1, 0.15) is 11.6 Å². The zero-order chi connectivity index (χ0) is 18.7. The maximum absolute atomic E-state index is 9.38. The fourth-order valence-electron chi connectivity index (χ4n) is 3.39. The minimum atomic E-state index is 0.111. The third-order valence-electron chi connectivity index (χ3n) is 4.96. The van der Waals surface area contributed by atoms with E-state index in [1.807, 2.05) is 0 Å². The number of aromatic nitrogens is 2. The zero-order valence-electron chi connectivity index (χ0n) is 16.2. The molecule has 3 rings (SSSR count). The van der Waals surface area contributed by atoms with Crippen molar-refractivity contribution >= 4 is 11.0 Å². The van der Waals surface area contributed by atoms with Gasteiger partial charge in [-0.25, -0.2) is 4.98 Å². The third-order valence-corrected chi connectivity index (χ3v) is 4.96. The molecule has 0 spiro atoms. The largest absolute Gasteiger partial charge is 0.493 e. The Labute approximate surface area is 155 Å². The molecule has 0 bridgehead atoms. The number of ether oxygens (including phenoxy) is 1. The number of nitrogens with zero attached hydrogens (tertiary/aromatic N) is 2. The van der Waals surface area contributed by atoms with Gasteiger partial charge in [-0.05, 0) is 68.5 Å². The van der Waals surface area contributed by atoms with E-state index in [1.165, 1.54) is 22.3 Å². The number of aryl methyl sites for hydroxylation is 5. The summed E-state index contributed by atoms with van der Waals surface area (Å²) in [6, 6.07) is 10.5. The first-order valence-electron chi connectivity index (χ1n) is 9.27. The first-order chi connectivity index (χ1) is 12.5. The number of aliphatic hydroxyl groups is 1. The van der Waals surface area contributed by atoms with Crippen molar-refractivity contribution in [3.63, 3.8) is 0 Å². The molecular formula is C22H28N2O2. The van der Waals surface area contributed by atoms with E-state index in [0.717, 1.165) is 35.6 Å². The van der Waals surface area contributed by atoms with E-state index in [4.69, 9.17) is 9.72 Å². The van der Waals surface area contributed by atoms with Crippen molar-refractivity contribution in [2.24, 2.45) is 0 Å². The summed E-state index contributed by atoms with van der Waals surface area (Å²) < 4.78 is 8.27. The number of benzene rings is 2. The predicted octanol–water partition coefficient (Wildman–Crippen LogP) is 4.27. The van der Waals surface area contributed by atoms with E-state index in [-0.39, 0.29) is 6.61 Å². The van der Waals surface area contributed by atoms with Crippen molar-refractivity contribution in [3.8, 4) is 5.75 Å². The summed E-state index contributed by atoms with van der Waals surface area (Å²) in [5.74, 6) is 1.93. The van der Waals surface area contributed by atoms with Crippen molar-refractivity contribution in [2.45, 2.75) is 47.1 Å². The fourth-order valence-corrected chi connectivity index (χ4v) is 3.39. The number of rotatable bonds is 7. The van der Waals surface area contributed by atoms with Crippen LogP contribution in [0.3, 0.4) is 0 Å². The summed E-state index contributed by atoms with van der Waals surface area (Å²) in [6.45, 7) is 10.0. The number of aliphatic hydroxyl groups excluding tert-OH is 1. The normalized spacial score (nSPS) is 11.3. The van der Waals surface area contributed by atoms with Crippen LogP contribution in [0.1, 0.15) is 34.5 Å². The molecule has 1 aromatic heterocycles. The van der Waals surface area contributed by atoms with Crippen molar-refractivity contribution in [1.82, 2.24) is 9.55 Å². The summed E-state index contributed by atoms with van der Waals surface area (Å²) in [6.07, 6.45) is 1.47. The van der Waals surface area contributed by atoms with Gasteiger partial charge >= 0.3 is 0 Å². The Morgan fingerprint density at radius 3 is 2.38 bits per heavy atom. The number of para-hydroxylation sites is 1. The second-order valence-electron chi connectivity index (χ2n) is 7.00. The molecule has 1 heterocycles. The molecule has 0 aliphatic carbocycles. The molecule has 0 saturated carbocycles. The molecule has 0 saturated heterocycles. The van der Waals surface area contributed by atoms with Crippen LogP contribution < -0.4 is 4.74 Å². The maximum atomic E-state index is 9.38. The Balaban J connectivity index is 1.75. The molecule has 3 aromatic rings. The van der Waals surface area contributed by atoms with Gasteiger partial charge in [0.2, 0.25) is 0 Å². The molecule has 0 amide bonds. The van der Waals surface area contributed by atoms with Crippen molar-refractivity contribution in [1.29, 1.82) is 0 Å². The molecule has 0 atom stereocenters. The third kappa shape index (κ3) is 3.75. The van der Waals surface area contributed by atoms with E-state index in [2.05, 4.69) is 62.6 Å². The lowest BCUT2D eigenvalue weighted by molar-refractivity contribution is 0.288. The van der Waals surface area contributed by atoms with Gasteiger partial charge in [0, 0.05) is 13.0 Å². The molecule has 0 fully saturated rings. The quantitative estimate of drug-likeness (QED) is 0.646. The highest BCUT2D eigenvalue weighted by atomic mass is 16.5. The van der Waals surface area contributed by atoms with Crippen LogP contribution in [0.2, 0.25) is 0 Å². The molecule has 1 N–H and O–H groups in total. The van der Waals surface area contributed by atoms with Gasteiger partial charge in [0.05, 0.1) is 24.2 Å². The first-order valence-corrected chi connectivity index (χ1v) is 9.27. The van der Waals surface area contributed by atoms with E-state index in [1.54, 1.807) is 0 Å². The van der Waals surface area contributed by atoms with Gasteiger partial charge in [0.25, 0.3) is 0 Å². The fraction of sp³-hybridized carbons (Fsp3) is 0.409. The van der Waals surface area contributed by atoms with Crippen LogP contribution in [-0.2, 0) is 13.0 Å². The Morgan fingerprint density at radius 1 is 1.00 bits per heavy atom. The van der Waals surface area contributed by atoms with E-state index in [9.17, 15) is 5.11 Å². The minimum Gasteiger partial charge on any atom is -0.493 e. The van der Waals surface area contributed by atoms with E-state index in [0.29, 0.717) is 13.0 Å². The Morgan fingerprint density at radius 2 is 1.69 bits per heavy atom. The molecule has 4 nitrogen and oxygen atoms in total. The smallest absolute Gasteiger partial charge is 0.125 e. The average molecular weight is 352 g/mol. The lowest BCUT2D eigenvalue weighted by Gasteiger charge is -2.13. The van der Waals surface area contributed by atoms with Crippen LogP contribution in [0, 0.1) is 27.7 Å². The lowest BCUT2D eigenvalue weighted by Crippen LogP contribution is -2.10. The van der Waals surface area contributed by atoms with E-state index >= 15 is 0 Å². The topological polar surface area (TPSA) is 47.3 Å². The SMILES string of the molecule is Cc1cc2nc(CCO)n(CCCOc3c(C)cccc3C)c2cc1C. The molecule has 0 radical (unpaired) electrons. The van der Waals surface area contributed by atoms with Crippen molar-refractivity contribution < 1.29 is 9.84 Å². The van der Waals surface area contributed by atoms with Gasteiger partial charge in [-0.3, -0.25) is 0 Å². The van der Waals surface area contributed by atoms with Crippen LogP contribution in [0.15, 0.2) is 30.3 Å². The second kappa shape index (κ2) is 7.92. The predicted molar refractivity (Wildman–Crippen MR) is 106 cm³/mol. The lowest BCUT2D eigenvalue weighted by atomic mass is 10.1. The van der Waals surface area contributed by atoms with Gasteiger partial charge in [-0.2, -0.15) is 0 Å². The van der Waals surface area contributed by atoms with Gasteiger partial charge in [0.15, 0.2) is 0 Å². The average Bonchev–Trinajstić information content (AvgIpc) is 2.91. The molecule has 138 valence electrons. The molecule has 4 heteroatoms. The highest BCUT2D eigenvalue weighted by molar-refractivity contribution is 5.78. The molecule has 0 aliphatic rings. The van der Waals surface area contributed by atoms with Crippen molar-refractivity contribution in [2.75, 3.05) is 13.2 Å². The summed E-state index contributed by atoms with van der Waals surface area (Å²) in [7, 11) is 0. The second-order valence-corrected chi connectivity index (χ2v) is 7.00. The van der Waals surface area contributed by atoms with Gasteiger partial charge < -0.3 is 14.4 Å². The Hall–Kier alpha value is -2.33. The highest BCUT2D eigenvalue weighted by Crippen LogP contribution is 2.24. The number of hydrogen-bond donors (Lipinski definition) is 1. The van der Waals surface area contributed by atoms with Crippen LogP contribution >= 0.6 is 0 Å². The summed E-state index contributed by atoms with van der Waals surface area (Å²) in [4.78, 5) is 4.73. The van der Waals surface area contributed by atoms with Gasteiger partial charge in [-0.1, -0.05) is 18.2 Å². The standard InChI is InChI=1S/C22H28N2O2/c1-15-7-5-8-16(2)22(15)26-12-6-10-24-20-14-18(4)17(3)13-19(20)23-21(24)9-11-25/h5,7-8,13-14,25H,6,9-12H2,1-4H3. The van der Waals surface area contributed by atoms with Crippen LogP contribution in [0.4, 0.5) is 0 Å². The Bertz CT molecular complexity index is 892. The summed E-state index contributed by atoms with van der Waals surface area (Å²) >= 11 is 0. The van der Waals surface area contributed by atoms with Crippen LogP contribution in [0.5, 0.6) is 5.75 Å². The molecule has 0 aliphatic heterocycles. The van der Waals surface area contributed by atoms with E-state index < -0.39 is 0 Å². The first kappa shape index (κ1) is 18.5. The summed E-state index contributed by atoms with van der Waals surface area (Å²) in [5, 5.41) is 9.38.